The monoisotopic (exact) mass is 257 g/mol. The SMILES string of the molecule is CC(C)c1cccc(C(CO)OC(N)=O)c1Cl. The largest absolute Gasteiger partial charge is 0.439 e. The Hall–Kier alpha value is -1.26. The van der Waals surface area contributed by atoms with Gasteiger partial charge in [-0.1, -0.05) is 43.6 Å². The van der Waals surface area contributed by atoms with E-state index in [9.17, 15) is 9.90 Å². The summed E-state index contributed by atoms with van der Waals surface area (Å²) < 4.78 is 4.81. The highest BCUT2D eigenvalue weighted by molar-refractivity contribution is 6.32. The number of hydrogen-bond acceptors (Lipinski definition) is 3. The quantitative estimate of drug-likeness (QED) is 0.871. The number of aliphatic hydroxyl groups excluding tert-OH is 1. The third-order valence-corrected chi connectivity index (χ3v) is 2.89. The Morgan fingerprint density at radius 3 is 2.53 bits per heavy atom. The van der Waals surface area contributed by atoms with Crippen LogP contribution in [0.1, 0.15) is 37.0 Å². The summed E-state index contributed by atoms with van der Waals surface area (Å²) in [4.78, 5) is 10.7. The molecule has 0 aliphatic rings. The maximum absolute atomic E-state index is 10.7. The van der Waals surface area contributed by atoms with E-state index in [1.165, 1.54) is 0 Å². The second-order valence-corrected chi connectivity index (χ2v) is 4.39. The molecule has 0 saturated carbocycles. The summed E-state index contributed by atoms with van der Waals surface area (Å²) in [5, 5.41) is 9.69. The highest BCUT2D eigenvalue weighted by Crippen LogP contribution is 2.32. The van der Waals surface area contributed by atoms with E-state index >= 15 is 0 Å². The normalized spacial score (nSPS) is 12.5. The third kappa shape index (κ3) is 3.35. The van der Waals surface area contributed by atoms with Crippen LogP contribution in [0.5, 0.6) is 0 Å². The van der Waals surface area contributed by atoms with E-state index in [0.717, 1.165) is 5.56 Å². The summed E-state index contributed by atoms with van der Waals surface area (Å²) in [5.41, 5.74) is 6.45. The smallest absolute Gasteiger partial charge is 0.405 e. The van der Waals surface area contributed by atoms with Gasteiger partial charge in [-0.3, -0.25) is 0 Å². The van der Waals surface area contributed by atoms with Crippen LogP contribution in [-0.4, -0.2) is 17.8 Å². The minimum atomic E-state index is -0.935. The number of carbonyl (C=O) groups is 1. The van der Waals surface area contributed by atoms with E-state index in [4.69, 9.17) is 22.1 Å². The lowest BCUT2D eigenvalue weighted by Crippen LogP contribution is -2.20. The van der Waals surface area contributed by atoms with Gasteiger partial charge in [0.2, 0.25) is 0 Å². The molecule has 0 fully saturated rings. The Labute approximate surface area is 105 Å². The summed E-state index contributed by atoms with van der Waals surface area (Å²) in [5.74, 6) is 0.246. The van der Waals surface area contributed by atoms with Gasteiger partial charge >= 0.3 is 6.09 Å². The Morgan fingerprint density at radius 2 is 2.06 bits per heavy atom. The van der Waals surface area contributed by atoms with E-state index in [-0.39, 0.29) is 12.5 Å². The molecule has 94 valence electrons. The first-order valence-electron chi connectivity index (χ1n) is 5.32. The highest BCUT2D eigenvalue weighted by Gasteiger charge is 2.19. The molecule has 4 nitrogen and oxygen atoms in total. The zero-order valence-electron chi connectivity index (χ0n) is 9.81. The number of hydrogen-bond donors (Lipinski definition) is 2. The molecule has 1 rings (SSSR count). The molecule has 0 bridgehead atoms. The van der Waals surface area contributed by atoms with Crippen LogP contribution in [0, 0.1) is 0 Å². The first-order chi connectivity index (χ1) is 7.97. The van der Waals surface area contributed by atoms with Crippen LogP contribution < -0.4 is 5.73 Å². The summed E-state index contributed by atoms with van der Waals surface area (Å²) in [6, 6.07) is 5.41. The van der Waals surface area contributed by atoms with Gasteiger partial charge in [0, 0.05) is 5.56 Å². The second kappa shape index (κ2) is 5.89. The van der Waals surface area contributed by atoms with Crippen molar-refractivity contribution < 1.29 is 14.6 Å². The van der Waals surface area contributed by atoms with Crippen LogP contribution in [-0.2, 0) is 4.74 Å². The minimum absolute atomic E-state index is 0.246. The van der Waals surface area contributed by atoms with Crippen molar-refractivity contribution in [3.05, 3.63) is 34.3 Å². The van der Waals surface area contributed by atoms with Gasteiger partial charge < -0.3 is 15.6 Å². The van der Waals surface area contributed by atoms with Crippen LogP contribution in [0.2, 0.25) is 5.02 Å². The molecule has 0 spiro atoms. The van der Waals surface area contributed by atoms with Gasteiger partial charge in [-0.05, 0) is 11.5 Å². The van der Waals surface area contributed by atoms with E-state index in [1.54, 1.807) is 6.07 Å². The molecule has 0 saturated heterocycles. The zero-order chi connectivity index (χ0) is 13.0. The van der Waals surface area contributed by atoms with E-state index in [0.29, 0.717) is 10.6 Å². The number of nitrogens with two attached hydrogens (primary N) is 1. The average molecular weight is 258 g/mol. The van der Waals surface area contributed by atoms with Crippen molar-refractivity contribution in [3.8, 4) is 0 Å². The molecule has 1 aromatic carbocycles. The summed E-state index contributed by atoms with van der Waals surface area (Å²) >= 11 is 6.22. The van der Waals surface area contributed by atoms with Crippen LogP contribution in [0.3, 0.4) is 0 Å². The van der Waals surface area contributed by atoms with Crippen LogP contribution in [0.25, 0.3) is 0 Å². The topological polar surface area (TPSA) is 72.6 Å². The van der Waals surface area contributed by atoms with Crippen molar-refractivity contribution in [3.63, 3.8) is 0 Å². The second-order valence-electron chi connectivity index (χ2n) is 4.01. The number of ether oxygens (including phenoxy) is 1. The number of halogens is 1. The fraction of sp³-hybridized carbons (Fsp3) is 0.417. The van der Waals surface area contributed by atoms with E-state index in [1.807, 2.05) is 26.0 Å². The first-order valence-corrected chi connectivity index (χ1v) is 5.70. The summed E-state index contributed by atoms with van der Waals surface area (Å²) in [7, 11) is 0. The van der Waals surface area contributed by atoms with Crippen molar-refractivity contribution in [2.75, 3.05) is 6.61 Å². The van der Waals surface area contributed by atoms with Crippen molar-refractivity contribution >= 4 is 17.7 Å². The molecule has 1 amide bonds. The van der Waals surface area contributed by atoms with Gasteiger partial charge in [-0.25, -0.2) is 4.79 Å². The van der Waals surface area contributed by atoms with Crippen LogP contribution >= 0.6 is 11.6 Å². The molecule has 3 N–H and O–H groups in total. The number of benzene rings is 1. The van der Waals surface area contributed by atoms with Crippen molar-refractivity contribution in [1.29, 1.82) is 0 Å². The van der Waals surface area contributed by atoms with Gasteiger partial charge in [-0.15, -0.1) is 0 Å². The molecular formula is C12H16ClNO3. The van der Waals surface area contributed by atoms with Crippen LogP contribution in [0.4, 0.5) is 4.79 Å². The molecule has 1 atom stereocenters. The Morgan fingerprint density at radius 1 is 1.47 bits per heavy atom. The average Bonchev–Trinajstić information content (AvgIpc) is 2.26. The predicted molar refractivity (Wildman–Crippen MR) is 66.0 cm³/mol. The molecule has 5 heteroatoms. The molecule has 0 aliphatic carbocycles. The molecule has 0 aliphatic heterocycles. The highest BCUT2D eigenvalue weighted by atomic mass is 35.5. The maximum atomic E-state index is 10.7. The molecular weight excluding hydrogens is 242 g/mol. The van der Waals surface area contributed by atoms with Crippen molar-refractivity contribution in [1.82, 2.24) is 0 Å². The van der Waals surface area contributed by atoms with E-state index < -0.39 is 12.2 Å². The number of rotatable bonds is 4. The Bertz CT molecular complexity index is 407. The number of amides is 1. The molecule has 1 unspecified atom stereocenters. The van der Waals surface area contributed by atoms with Crippen LogP contribution in [0.15, 0.2) is 18.2 Å². The Balaban J connectivity index is 3.11. The fourth-order valence-electron chi connectivity index (χ4n) is 1.60. The van der Waals surface area contributed by atoms with Gasteiger partial charge in [0.15, 0.2) is 6.10 Å². The Kier molecular flexibility index (Phi) is 4.78. The maximum Gasteiger partial charge on any atom is 0.405 e. The zero-order valence-corrected chi connectivity index (χ0v) is 10.6. The molecule has 1 aromatic rings. The van der Waals surface area contributed by atoms with Crippen molar-refractivity contribution in [2.24, 2.45) is 5.73 Å². The minimum Gasteiger partial charge on any atom is -0.439 e. The lowest BCUT2D eigenvalue weighted by atomic mass is 9.98. The standard InChI is InChI=1S/C12H16ClNO3/c1-7(2)8-4-3-5-9(11(8)13)10(6-15)17-12(14)16/h3-5,7,10,15H,6H2,1-2H3,(H2,14,16). The van der Waals surface area contributed by atoms with Gasteiger partial charge in [0.25, 0.3) is 0 Å². The van der Waals surface area contributed by atoms with E-state index in [2.05, 4.69) is 0 Å². The lowest BCUT2D eigenvalue weighted by molar-refractivity contribution is 0.0633. The molecule has 0 radical (unpaired) electrons. The molecule has 17 heavy (non-hydrogen) atoms. The third-order valence-electron chi connectivity index (χ3n) is 2.45. The van der Waals surface area contributed by atoms with Gasteiger partial charge in [0.1, 0.15) is 0 Å². The first kappa shape index (κ1) is 13.8. The number of aliphatic hydroxyl groups is 1. The number of primary amides is 1. The van der Waals surface area contributed by atoms with Gasteiger partial charge in [0.05, 0.1) is 11.6 Å². The molecule has 0 heterocycles. The van der Waals surface area contributed by atoms with Gasteiger partial charge in [-0.2, -0.15) is 0 Å². The summed E-state index contributed by atoms with van der Waals surface area (Å²) in [6.07, 6.45) is -1.76. The predicted octanol–water partition coefficient (Wildman–Crippen LogP) is 2.59. The number of carbonyl (C=O) groups excluding carboxylic acids is 1. The van der Waals surface area contributed by atoms with Crippen molar-refractivity contribution in [2.45, 2.75) is 25.9 Å². The lowest BCUT2D eigenvalue weighted by Gasteiger charge is -2.18. The molecule has 0 aromatic heterocycles. The summed E-state index contributed by atoms with van der Waals surface area (Å²) in [6.45, 7) is 3.66. The fourth-order valence-corrected chi connectivity index (χ4v) is 2.07.